The number of carboxylic acids is 1. The lowest BCUT2D eigenvalue weighted by atomic mass is 10.2. The van der Waals surface area contributed by atoms with Crippen LogP contribution in [0.1, 0.15) is 22.8 Å². The van der Waals surface area contributed by atoms with Gasteiger partial charge in [-0.25, -0.2) is 9.79 Å². The third kappa shape index (κ3) is 4.24. The number of carboxylic acid groups (broad SMARTS) is 1. The summed E-state index contributed by atoms with van der Waals surface area (Å²) in [4.78, 5) is 30.0. The molecule has 1 amide bonds. The molecule has 28 heavy (non-hydrogen) atoms. The molecule has 9 heteroatoms. The Morgan fingerprint density at radius 3 is 2.61 bits per heavy atom. The molecule has 3 rings (SSSR count). The lowest BCUT2D eigenvalue weighted by Crippen LogP contribution is -2.28. The number of amidine groups is 1. The summed E-state index contributed by atoms with van der Waals surface area (Å²) >= 11 is 10.5. The number of carbonyl (C=O) groups excluding carboxylic acids is 1. The van der Waals surface area contributed by atoms with Crippen molar-refractivity contribution in [2.75, 3.05) is 6.54 Å². The van der Waals surface area contributed by atoms with Gasteiger partial charge in [-0.3, -0.25) is 9.69 Å². The second-order valence-corrected chi connectivity index (χ2v) is 8.06. The van der Waals surface area contributed by atoms with Crippen molar-refractivity contribution in [1.29, 1.82) is 0 Å². The molecule has 0 bridgehead atoms. The van der Waals surface area contributed by atoms with Gasteiger partial charge in [-0.2, -0.15) is 0 Å². The molecule has 2 N–H and O–H groups in total. The van der Waals surface area contributed by atoms with Crippen molar-refractivity contribution in [2.24, 2.45) is 4.99 Å². The number of benzene rings is 2. The highest BCUT2D eigenvalue weighted by Gasteiger charge is 2.32. The standard InChI is InChI=1S/C19H14BrClN2O4S/c1-2-23-17(25)15(8-11-7-12(20)9-14(21)16(11)24)28-19(23)22-13-5-3-10(4-6-13)18(26)27/h3-9,24H,2H2,1H3,(H,26,27). The summed E-state index contributed by atoms with van der Waals surface area (Å²) in [6, 6.07) is 9.30. The Morgan fingerprint density at radius 1 is 1.32 bits per heavy atom. The highest BCUT2D eigenvalue weighted by molar-refractivity contribution is 9.10. The fourth-order valence-corrected chi connectivity index (χ4v) is 4.38. The summed E-state index contributed by atoms with van der Waals surface area (Å²) in [5.74, 6) is -1.36. The van der Waals surface area contributed by atoms with Gasteiger partial charge in [0.25, 0.3) is 5.91 Å². The molecule has 1 heterocycles. The molecule has 0 spiro atoms. The zero-order valence-corrected chi connectivity index (χ0v) is 17.7. The summed E-state index contributed by atoms with van der Waals surface area (Å²) in [6.07, 6.45) is 1.57. The topological polar surface area (TPSA) is 90.2 Å². The molecule has 6 nitrogen and oxygen atoms in total. The van der Waals surface area contributed by atoms with Crippen molar-refractivity contribution >= 4 is 68.1 Å². The van der Waals surface area contributed by atoms with Gasteiger partial charge >= 0.3 is 5.97 Å². The van der Waals surface area contributed by atoms with Crippen LogP contribution in [-0.2, 0) is 4.79 Å². The summed E-state index contributed by atoms with van der Waals surface area (Å²) in [7, 11) is 0. The Hall–Kier alpha value is -2.29. The number of phenolic OH excluding ortho intramolecular Hbond substituents is 1. The number of nitrogens with zero attached hydrogens (tertiary/aromatic N) is 2. The molecular formula is C19H14BrClN2O4S. The lowest BCUT2D eigenvalue weighted by Gasteiger charge is -2.12. The smallest absolute Gasteiger partial charge is 0.335 e. The quantitative estimate of drug-likeness (QED) is 0.591. The van der Waals surface area contributed by atoms with Crippen LogP contribution in [0.5, 0.6) is 5.75 Å². The van der Waals surface area contributed by atoms with Gasteiger partial charge in [0.05, 0.1) is 21.2 Å². The summed E-state index contributed by atoms with van der Waals surface area (Å²) in [5, 5.41) is 19.8. The Balaban J connectivity index is 1.95. The minimum atomic E-state index is -1.02. The van der Waals surface area contributed by atoms with Crippen molar-refractivity contribution in [1.82, 2.24) is 4.90 Å². The van der Waals surface area contributed by atoms with E-state index in [4.69, 9.17) is 16.7 Å². The average molecular weight is 482 g/mol. The number of aliphatic imine (C=N–C) groups is 1. The van der Waals surface area contributed by atoms with Crippen LogP contribution in [0.3, 0.4) is 0 Å². The highest BCUT2D eigenvalue weighted by Crippen LogP contribution is 2.38. The van der Waals surface area contributed by atoms with Crippen molar-refractivity contribution < 1.29 is 19.8 Å². The molecule has 0 atom stereocenters. The Kier molecular flexibility index (Phi) is 6.12. The maximum atomic E-state index is 12.7. The van der Waals surface area contributed by atoms with Crippen LogP contribution < -0.4 is 0 Å². The zero-order chi connectivity index (χ0) is 20.4. The van der Waals surface area contributed by atoms with Crippen LogP contribution in [0.25, 0.3) is 6.08 Å². The molecule has 144 valence electrons. The van der Waals surface area contributed by atoms with E-state index in [1.54, 1.807) is 30.3 Å². The van der Waals surface area contributed by atoms with Gasteiger partial charge in [0.1, 0.15) is 5.75 Å². The van der Waals surface area contributed by atoms with E-state index in [0.29, 0.717) is 32.3 Å². The summed E-state index contributed by atoms with van der Waals surface area (Å²) in [6.45, 7) is 2.25. The first kappa shape index (κ1) is 20.4. The summed E-state index contributed by atoms with van der Waals surface area (Å²) in [5.41, 5.74) is 1.11. The van der Waals surface area contributed by atoms with Gasteiger partial charge in [-0.15, -0.1) is 0 Å². The van der Waals surface area contributed by atoms with Crippen LogP contribution in [-0.4, -0.2) is 38.7 Å². The minimum Gasteiger partial charge on any atom is -0.506 e. The molecule has 2 aromatic carbocycles. The number of hydrogen-bond acceptors (Lipinski definition) is 5. The van der Waals surface area contributed by atoms with Crippen LogP contribution in [0, 0.1) is 0 Å². The molecule has 1 aliphatic rings. The lowest BCUT2D eigenvalue weighted by molar-refractivity contribution is -0.122. The van der Waals surface area contributed by atoms with E-state index in [0.717, 1.165) is 0 Å². The third-order valence-electron chi connectivity index (χ3n) is 3.89. The van der Waals surface area contributed by atoms with Crippen LogP contribution >= 0.6 is 39.3 Å². The number of hydrogen-bond donors (Lipinski definition) is 2. The predicted octanol–water partition coefficient (Wildman–Crippen LogP) is 5.13. The van der Waals surface area contributed by atoms with Crippen molar-refractivity contribution in [3.63, 3.8) is 0 Å². The number of likely N-dealkylation sites (N-methyl/N-ethyl adjacent to an activating group) is 1. The molecule has 2 aromatic rings. The number of phenols is 1. The maximum absolute atomic E-state index is 12.7. The fourth-order valence-electron chi connectivity index (χ4n) is 2.50. The van der Waals surface area contributed by atoms with E-state index < -0.39 is 5.97 Å². The van der Waals surface area contributed by atoms with Crippen LogP contribution in [0.2, 0.25) is 5.02 Å². The monoisotopic (exact) mass is 480 g/mol. The third-order valence-corrected chi connectivity index (χ3v) is 5.64. The molecule has 0 aliphatic carbocycles. The molecule has 1 aliphatic heterocycles. The van der Waals surface area contributed by atoms with Gasteiger partial charge in [-0.05, 0) is 61.2 Å². The van der Waals surface area contributed by atoms with E-state index in [1.807, 2.05) is 6.92 Å². The zero-order valence-electron chi connectivity index (χ0n) is 14.5. The number of carbonyl (C=O) groups is 2. The van der Waals surface area contributed by atoms with E-state index in [-0.39, 0.29) is 22.2 Å². The van der Waals surface area contributed by atoms with Crippen molar-refractivity contribution in [2.45, 2.75) is 6.92 Å². The molecular weight excluding hydrogens is 468 g/mol. The van der Waals surface area contributed by atoms with Crippen LogP contribution in [0.15, 0.2) is 50.8 Å². The van der Waals surface area contributed by atoms with E-state index in [2.05, 4.69) is 20.9 Å². The number of amides is 1. The van der Waals surface area contributed by atoms with Gasteiger partial charge in [0.15, 0.2) is 5.17 Å². The first-order valence-corrected chi connectivity index (χ1v) is 10.1. The highest BCUT2D eigenvalue weighted by atomic mass is 79.9. The average Bonchev–Trinajstić information content (AvgIpc) is 2.94. The van der Waals surface area contributed by atoms with Gasteiger partial charge < -0.3 is 10.2 Å². The fraction of sp³-hybridized carbons (Fsp3) is 0.105. The minimum absolute atomic E-state index is 0.108. The second kappa shape index (κ2) is 8.38. The van der Waals surface area contributed by atoms with Crippen molar-refractivity contribution in [3.8, 4) is 5.75 Å². The van der Waals surface area contributed by atoms with E-state index in [1.165, 1.54) is 28.8 Å². The predicted molar refractivity (Wildman–Crippen MR) is 114 cm³/mol. The summed E-state index contributed by atoms with van der Waals surface area (Å²) < 4.78 is 0.678. The normalized spacial score (nSPS) is 17.0. The SMILES string of the molecule is CCN1C(=O)C(=Cc2cc(Br)cc(Cl)c2O)SC1=Nc1ccc(C(=O)O)cc1. The molecule has 0 saturated carbocycles. The molecule has 0 unspecified atom stereocenters. The Morgan fingerprint density at radius 2 is 2.00 bits per heavy atom. The van der Waals surface area contributed by atoms with E-state index in [9.17, 15) is 14.7 Å². The Bertz CT molecular complexity index is 1020. The number of thioether (sulfide) groups is 1. The number of rotatable bonds is 4. The maximum Gasteiger partial charge on any atom is 0.335 e. The molecule has 0 radical (unpaired) electrons. The molecule has 0 aromatic heterocycles. The second-order valence-electron chi connectivity index (χ2n) is 5.73. The van der Waals surface area contributed by atoms with Gasteiger partial charge in [0.2, 0.25) is 0 Å². The Labute approximate surface area is 178 Å². The number of aromatic hydroxyl groups is 1. The van der Waals surface area contributed by atoms with Gasteiger partial charge in [-0.1, -0.05) is 27.5 Å². The number of aromatic carboxylic acids is 1. The first-order chi connectivity index (χ1) is 13.3. The first-order valence-electron chi connectivity index (χ1n) is 8.11. The molecule has 1 saturated heterocycles. The van der Waals surface area contributed by atoms with Crippen LogP contribution in [0.4, 0.5) is 5.69 Å². The van der Waals surface area contributed by atoms with Gasteiger partial charge in [0, 0.05) is 16.6 Å². The molecule has 1 fully saturated rings. The van der Waals surface area contributed by atoms with E-state index >= 15 is 0 Å². The van der Waals surface area contributed by atoms with Crippen molar-refractivity contribution in [3.05, 3.63) is 61.9 Å². The largest absolute Gasteiger partial charge is 0.506 e. The number of halogens is 2.